The lowest BCUT2D eigenvalue weighted by Crippen LogP contribution is -2.24. The number of anilines is 1. The highest BCUT2D eigenvalue weighted by Crippen LogP contribution is 2.34. The SMILES string of the molecule is Cc1ccc(Oc2ccc([N+](=O)[O-])c(N(C)C(=O)O)c2)c(F)c1. The molecule has 0 heterocycles. The highest BCUT2D eigenvalue weighted by Gasteiger charge is 2.22. The molecular weight excluding hydrogens is 307 g/mol. The predicted octanol–water partition coefficient (Wildman–Crippen LogP) is 3.95. The number of aryl methyl sites for hydroxylation is 1. The van der Waals surface area contributed by atoms with Crippen molar-refractivity contribution in [2.24, 2.45) is 0 Å². The zero-order chi connectivity index (χ0) is 17.1. The summed E-state index contributed by atoms with van der Waals surface area (Å²) in [5.41, 5.74) is 0.143. The average Bonchev–Trinajstić information content (AvgIpc) is 2.49. The number of nitro groups is 1. The zero-order valence-corrected chi connectivity index (χ0v) is 12.3. The fraction of sp³-hybridized carbons (Fsp3) is 0.133. The normalized spacial score (nSPS) is 10.2. The minimum absolute atomic E-state index is 0.0617. The first kappa shape index (κ1) is 16.2. The van der Waals surface area contributed by atoms with Crippen LogP contribution in [0.5, 0.6) is 11.5 Å². The van der Waals surface area contributed by atoms with E-state index in [1.165, 1.54) is 31.3 Å². The van der Waals surface area contributed by atoms with E-state index in [0.717, 1.165) is 6.07 Å². The van der Waals surface area contributed by atoms with E-state index in [1.54, 1.807) is 13.0 Å². The van der Waals surface area contributed by atoms with Crippen LogP contribution in [0, 0.1) is 22.9 Å². The smallest absolute Gasteiger partial charge is 0.411 e. The van der Waals surface area contributed by atoms with Crippen molar-refractivity contribution in [3.8, 4) is 11.5 Å². The first-order valence-electron chi connectivity index (χ1n) is 6.48. The predicted molar refractivity (Wildman–Crippen MR) is 80.7 cm³/mol. The average molecular weight is 320 g/mol. The van der Waals surface area contributed by atoms with Gasteiger partial charge in [0.05, 0.1) is 4.92 Å². The van der Waals surface area contributed by atoms with Crippen LogP contribution < -0.4 is 9.64 Å². The number of carbonyl (C=O) groups is 1. The molecule has 0 aliphatic heterocycles. The van der Waals surface area contributed by atoms with Gasteiger partial charge in [-0.05, 0) is 30.7 Å². The summed E-state index contributed by atoms with van der Waals surface area (Å²) in [5, 5.41) is 20.0. The Labute approximate surface area is 130 Å². The van der Waals surface area contributed by atoms with Crippen LogP contribution in [0.1, 0.15) is 5.56 Å². The summed E-state index contributed by atoms with van der Waals surface area (Å²) in [4.78, 5) is 22.0. The van der Waals surface area contributed by atoms with Gasteiger partial charge in [0, 0.05) is 19.2 Å². The van der Waals surface area contributed by atoms with Crippen molar-refractivity contribution in [3.63, 3.8) is 0 Å². The maximum atomic E-state index is 13.8. The van der Waals surface area contributed by atoms with Gasteiger partial charge in [-0.15, -0.1) is 0 Å². The highest BCUT2D eigenvalue weighted by atomic mass is 19.1. The number of rotatable bonds is 4. The summed E-state index contributed by atoms with van der Waals surface area (Å²) in [6.07, 6.45) is -1.37. The van der Waals surface area contributed by atoms with Crippen LogP contribution in [-0.4, -0.2) is 23.2 Å². The second kappa shape index (κ2) is 6.30. The van der Waals surface area contributed by atoms with Crippen molar-refractivity contribution in [2.45, 2.75) is 6.92 Å². The number of ether oxygens (including phenoxy) is 1. The van der Waals surface area contributed by atoms with Crippen LogP contribution in [0.4, 0.5) is 20.6 Å². The monoisotopic (exact) mass is 320 g/mol. The minimum atomic E-state index is -1.37. The van der Waals surface area contributed by atoms with Gasteiger partial charge in [-0.1, -0.05) is 6.07 Å². The van der Waals surface area contributed by atoms with Crippen molar-refractivity contribution in [1.29, 1.82) is 0 Å². The molecule has 0 aliphatic carbocycles. The summed E-state index contributed by atoms with van der Waals surface area (Å²) < 4.78 is 19.1. The molecule has 0 radical (unpaired) electrons. The van der Waals surface area contributed by atoms with E-state index in [9.17, 15) is 19.3 Å². The van der Waals surface area contributed by atoms with Gasteiger partial charge >= 0.3 is 6.09 Å². The minimum Gasteiger partial charge on any atom is -0.465 e. The van der Waals surface area contributed by atoms with Gasteiger partial charge in [-0.3, -0.25) is 15.0 Å². The summed E-state index contributed by atoms with van der Waals surface area (Å²) in [7, 11) is 1.17. The van der Waals surface area contributed by atoms with Crippen molar-refractivity contribution in [2.75, 3.05) is 11.9 Å². The van der Waals surface area contributed by atoms with E-state index in [-0.39, 0.29) is 17.2 Å². The number of hydrogen-bond donors (Lipinski definition) is 1. The zero-order valence-electron chi connectivity index (χ0n) is 12.3. The van der Waals surface area contributed by atoms with Crippen molar-refractivity contribution in [3.05, 3.63) is 57.9 Å². The van der Waals surface area contributed by atoms with Crippen molar-refractivity contribution >= 4 is 17.5 Å². The lowest BCUT2D eigenvalue weighted by molar-refractivity contribution is -0.384. The van der Waals surface area contributed by atoms with Gasteiger partial charge in [0.1, 0.15) is 11.4 Å². The molecule has 0 unspecified atom stereocenters. The summed E-state index contributed by atoms with van der Waals surface area (Å²) >= 11 is 0. The van der Waals surface area contributed by atoms with Crippen LogP contribution in [-0.2, 0) is 0 Å². The fourth-order valence-corrected chi connectivity index (χ4v) is 1.91. The molecule has 1 amide bonds. The maximum Gasteiger partial charge on any atom is 0.411 e. The summed E-state index contributed by atoms with van der Waals surface area (Å²) in [6.45, 7) is 1.72. The number of benzene rings is 2. The first-order valence-corrected chi connectivity index (χ1v) is 6.48. The Kier molecular flexibility index (Phi) is 4.44. The van der Waals surface area contributed by atoms with Gasteiger partial charge < -0.3 is 9.84 Å². The van der Waals surface area contributed by atoms with Gasteiger partial charge in [-0.2, -0.15) is 0 Å². The molecule has 120 valence electrons. The molecule has 1 N–H and O–H groups in total. The molecule has 8 heteroatoms. The Hall–Kier alpha value is -3.16. The molecule has 2 aromatic carbocycles. The third kappa shape index (κ3) is 3.54. The third-order valence-electron chi connectivity index (χ3n) is 3.11. The highest BCUT2D eigenvalue weighted by molar-refractivity contribution is 5.89. The molecule has 2 aromatic rings. The number of nitro benzene ring substituents is 1. The van der Waals surface area contributed by atoms with Crippen molar-refractivity contribution in [1.82, 2.24) is 0 Å². The van der Waals surface area contributed by atoms with E-state index < -0.39 is 22.5 Å². The lowest BCUT2D eigenvalue weighted by atomic mass is 10.2. The van der Waals surface area contributed by atoms with Crippen molar-refractivity contribution < 1.29 is 24.0 Å². The van der Waals surface area contributed by atoms with E-state index in [0.29, 0.717) is 10.5 Å². The van der Waals surface area contributed by atoms with Crippen LogP contribution >= 0.6 is 0 Å². The number of hydrogen-bond acceptors (Lipinski definition) is 4. The van der Waals surface area contributed by atoms with Crippen LogP contribution in [0.2, 0.25) is 0 Å². The molecule has 0 spiro atoms. The third-order valence-corrected chi connectivity index (χ3v) is 3.11. The topological polar surface area (TPSA) is 92.9 Å². The maximum absolute atomic E-state index is 13.8. The van der Waals surface area contributed by atoms with Crippen LogP contribution in [0.25, 0.3) is 0 Å². The number of nitrogens with zero attached hydrogens (tertiary/aromatic N) is 2. The van der Waals surface area contributed by atoms with E-state index in [4.69, 9.17) is 9.84 Å². The molecular formula is C15H13FN2O5. The number of amides is 1. The van der Waals surface area contributed by atoms with E-state index >= 15 is 0 Å². The molecule has 23 heavy (non-hydrogen) atoms. The Bertz CT molecular complexity index is 778. The lowest BCUT2D eigenvalue weighted by Gasteiger charge is -2.15. The van der Waals surface area contributed by atoms with Crippen LogP contribution in [0.15, 0.2) is 36.4 Å². The Morgan fingerprint density at radius 1 is 1.30 bits per heavy atom. The van der Waals surface area contributed by atoms with Gasteiger partial charge in [0.25, 0.3) is 5.69 Å². The molecule has 0 fully saturated rings. The molecule has 0 bridgehead atoms. The Balaban J connectivity index is 2.42. The molecule has 0 aromatic heterocycles. The van der Waals surface area contributed by atoms with E-state index in [1.807, 2.05) is 0 Å². The Morgan fingerprint density at radius 3 is 2.57 bits per heavy atom. The second-order valence-electron chi connectivity index (χ2n) is 4.79. The quantitative estimate of drug-likeness (QED) is 0.680. The van der Waals surface area contributed by atoms with Crippen LogP contribution in [0.3, 0.4) is 0 Å². The largest absolute Gasteiger partial charge is 0.465 e. The standard InChI is InChI=1S/C15H13FN2O5/c1-9-3-6-14(11(16)7-9)23-10-4-5-12(18(21)22)13(8-10)17(2)15(19)20/h3-8H,1-2H3,(H,19,20). The van der Waals surface area contributed by atoms with Gasteiger partial charge in [-0.25, -0.2) is 9.18 Å². The molecule has 2 rings (SSSR count). The first-order chi connectivity index (χ1) is 10.8. The fourth-order valence-electron chi connectivity index (χ4n) is 1.91. The molecule has 0 atom stereocenters. The van der Waals surface area contributed by atoms with Gasteiger partial charge in [0.15, 0.2) is 11.6 Å². The molecule has 7 nitrogen and oxygen atoms in total. The molecule has 0 saturated carbocycles. The summed E-state index contributed by atoms with van der Waals surface area (Å²) in [6, 6.07) is 7.91. The number of carboxylic acid groups (broad SMARTS) is 1. The molecule has 0 aliphatic rings. The Morgan fingerprint density at radius 2 is 2.00 bits per heavy atom. The van der Waals surface area contributed by atoms with E-state index in [2.05, 4.69) is 0 Å². The molecule has 0 saturated heterocycles. The second-order valence-corrected chi connectivity index (χ2v) is 4.79. The van der Waals surface area contributed by atoms with Gasteiger partial charge in [0.2, 0.25) is 0 Å². The summed E-state index contributed by atoms with van der Waals surface area (Å²) in [5.74, 6) is -0.564. The number of halogens is 1.